The zero-order chi connectivity index (χ0) is 16.9. The normalized spacial score (nSPS) is 12.4. The van der Waals surface area contributed by atoms with Gasteiger partial charge in [0, 0.05) is 0 Å². The number of carboxylic acids is 1. The minimum atomic E-state index is -1.09. The third-order valence-electron chi connectivity index (χ3n) is 3.00. The highest BCUT2D eigenvalue weighted by molar-refractivity contribution is 5.77. The molecule has 1 atom stereocenters. The summed E-state index contributed by atoms with van der Waals surface area (Å²) in [6, 6.07) is 6.68. The maximum Gasteiger partial charge on any atom is 0.411 e. The van der Waals surface area contributed by atoms with Crippen LogP contribution in [-0.2, 0) is 9.53 Å². The summed E-state index contributed by atoms with van der Waals surface area (Å²) in [5, 5.41) is 9.04. The molecule has 1 rings (SSSR count). The SMILES string of the molecule is COc1ccc(C(C)N(CC(=O)O)C(=O)OC(C)(C)C)cc1. The highest BCUT2D eigenvalue weighted by Gasteiger charge is 2.28. The van der Waals surface area contributed by atoms with Gasteiger partial charge < -0.3 is 14.6 Å². The molecule has 1 aromatic carbocycles. The predicted molar refractivity (Wildman–Crippen MR) is 82.0 cm³/mol. The van der Waals surface area contributed by atoms with Crippen LogP contribution < -0.4 is 4.74 Å². The summed E-state index contributed by atoms with van der Waals surface area (Å²) in [5.74, 6) is -0.399. The van der Waals surface area contributed by atoms with E-state index >= 15 is 0 Å². The molecule has 122 valence electrons. The number of methoxy groups -OCH3 is 1. The van der Waals surface area contributed by atoms with Crippen molar-refractivity contribution in [1.29, 1.82) is 0 Å². The number of carboxylic acid groups (broad SMARTS) is 1. The van der Waals surface area contributed by atoms with E-state index in [1.165, 1.54) is 4.90 Å². The van der Waals surface area contributed by atoms with Crippen molar-refractivity contribution < 1.29 is 24.2 Å². The number of aliphatic carboxylic acids is 1. The van der Waals surface area contributed by atoms with Crippen LogP contribution in [0.3, 0.4) is 0 Å². The fourth-order valence-corrected chi connectivity index (χ4v) is 1.89. The Morgan fingerprint density at radius 1 is 1.23 bits per heavy atom. The van der Waals surface area contributed by atoms with Crippen LogP contribution in [0.15, 0.2) is 24.3 Å². The van der Waals surface area contributed by atoms with Gasteiger partial charge in [-0.2, -0.15) is 0 Å². The van der Waals surface area contributed by atoms with E-state index in [1.54, 1.807) is 59.1 Å². The average Bonchev–Trinajstić information content (AvgIpc) is 2.42. The fraction of sp³-hybridized carbons (Fsp3) is 0.500. The number of nitrogens with zero attached hydrogens (tertiary/aromatic N) is 1. The smallest absolute Gasteiger partial charge is 0.411 e. The molecule has 0 saturated carbocycles. The topological polar surface area (TPSA) is 76.1 Å². The molecule has 1 amide bonds. The number of ether oxygens (including phenoxy) is 2. The summed E-state index contributed by atoms with van der Waals surface area (Å²) in [5.41, 5.74) is 0.112. The monoisotopic (exact) mass is 309 g/mol. The van der Waals surface area contributed by atoms with E-state index in [9.17, 15) is 9.59 Å². The van der Waals surface area contributed by atoms with Gasteiger partial charge in [0.15, 0.2) is 0 Å². The molecule has 22 heavy (non-hydrogen) atoms. The van der Waals surface area contributed by atoms with Gasteiger partial charge in [0.2, 0.25) is 0 Å². The lowest BCUT2D eigenvalue weighted by atomic mass is 10.1. The van der Waals surface area contributed by atoms with Crippen molar-refractivity contribution in [3.05, 3.63) is 29.8 Å². The Labute approximate surface area is 130 Å². The van der Waals surface area contributed by atoms with Crippen molar-refractivity contribution in [2.24, 2.45) is 0 Å². The van der Waals surface area contributed by atoms with Gasteiger partial charge in [0.25, 0.3) is 0 Å². The van der Waals surface area contributed by atoms with Crippen molar-refractivity contribution in [3.63, 3.8) is 0 Å². The highest BCUT2D eigenvalue weighted by Crippen LogP contribution is 2.24. The Kier molecular flexibility index (Phi) is 5.79. The number of carbonyl (C=O) groups excluding carboxylic acids is 1. The van der Waals surface area contributed by atoms with Crippen LogP contribution in [0.4, 0.5) is 4.79 Å². The zero-order valence-corrected chi connectivity index (χ0v) is 13.6. The quantitative estimate of drug-likeness (QED) is 0.904. The molecule has 0 heterocycles. The Balaban J connectivity index is 2.98. The Morgan fingerprint density at radius 2 is 1.77 bits per heavy atom. The minimum Gasteiger partial charge on any atom is -0.497 e. The molecule has 0 bridgehead atoms. The molecule has 0 spiro atoms. The predicted octanol–water partition coefficient (Wildman–Crippen LogP) is 3.08. The first kappa shape index (κ1) is 17.8. The van der Waals surface area contributed by atoms with Gasteiger partial charge in [-0.15, -0.1) is 0 Å². The number of rotatable bonds is 5. The molecule has 1 aromatic rings. The number of benzene rings is 1. The Bertz CT molecular complexity index is 518. The number of carbonyl (C=O) groups is 2. The highest BCUT2D eigenvalue weighted by atomic mass is 16.6. The summed E-state index contributed by atoms with van der Waals surface area (Å²) in [7, 11) is 1.57. The van der Waals surface area contributed by atoms with Crippen LogP contribution in [0.2, 0.25) is 0 Å². The third kappa shape index (κ3) is 5.27. The first-order valence-corrected chi connectivity index (χ1v) is 6.99. The van der Waals surface area contributed by atoms with E-state index in [0.717, 1.165) is 5.56 Å². The van der Waals surface area contributed by atoms with Crippen LogP contribution in [0.5, 0.6) is 5.75 Å². The molecule has 0 aliphatic heterocycles. The van der Waals surface area contributed by atoms with Crippen LogP contribution in [-0.4, -0.2) is 41.3 Å². The molecular formula is C16H23NO5. The molecule has 1 unspecified atom stereocenters. The molecular weight excluding hydrogens is 286 g/mol. The Morgan fingerprint density at radius 3 is 2.18 bits per heavy atom. The number of hydrogen-bond donors (Lipinski definition) is 1. The van der Waals surface area contributed by atoms with Crippen LogP contribution in [0.1, 0.15) is 39.3 Å². The second-order valence-electron chi connectivity index (χ2n) is 5.95. The summed E-state index contributed by atoms with van der Waals surface area (Å²) < 4.78 is 10.4. The molecule has 0 fully saturated rings. The lowest BCUT2D eigenvalue weighted by Gasteiger charge is -2.30. The van der Waals surface area contributed by atoms with Gasteiger partial charge in [0.05, 0.1) is 13.2 Å². The first-order valence-electron chi connectivity index (χ1n) is 6.99. The summed E-state index contributed by atoms with van der Waals surface area (Å²) in [4.78, 5) is 24.5. The largest absolute Gasteiger partial charge is 0.497 e. The van der Waals surface area contributed by atoms with Gasteiger partial charge in [0.1, 0.15) is 17.9 Å². The summed E-state index contributed by atoms with van der Waals surface area (Å²) in [6.45, 7) is 6.54. The van der Waals surface area contributed by atoms with Crippen molar-refractivity contribution in [2.75, 3.05) is 13.7 Å². The lowest BCUT2D eigenvalue weighted by Crippen LogP contribution is -2.41. The molecule has 6 heteroatoms. The van der Waals surface area contributed by atoms with Gasteiger partial charge in [-0.1, -0.05) is 12.1 Å². The molecule has 0 saturated heterocycles. The van der Waals surface area contributed by atoms with E-state index in [2.05, 4.69) is 0 Å². The van der Waals surface area contributed by atoms with E-state index < -0.39 is 30.3 Å². The molecule has 0 aliphatic carbocycles. The standard InChI is InChI=1S/C16H23NO5/c1-11(12-6-8-13(21-5)9-7-12)17(10-14(18)19)15(20)22-16(2,3)4/h6-9,11H,10H2,1-5H3,(H,18,19). The molecule has 6 nitrogen and oxygen atoms in total. The number of hydrogen-bond acceptors (Lipinski definition) is 4. The van der Waals surface area contributed by atoms with Gasteiger partial charge in [-0.05, 0) is 45.4 Å². The molecule has 0 radical (unpaired) electrons. The second kappa shape index (κ2) is 7.15. The van der Waals surface area contributed by atoms with Crippen molar-refractivity contribution in [2.45, 2.75) is 39.3 Å². The zero-order valence-electron chi connectivity index (χ0n) is 13.6. The Hall–Kier alpha value is -2.24. The van der Waals surface area contributed by atoms with Gasteiger partial charge in [-0.3, -0.25) is 9.69 Å². The minimum absolute atomic E-state index is 0.428. The third-order valence-corrected chi connectivity index (χ3v) is 3.00. The van der Waals surface area contributed by atoms with Crippen LogP contribution in [0, 0.1) is 0 Å². The van der Waals surface area contributed by atoms with Gasteiger partial charge in [-0.25, -0.2) is 4.79 Å². The summed E-state index contributed by atoms with van der Waals surface area (Å²) in [6.07, 6.45) is -0.654. The van der Waals surface area contributed by atoms with Crippen molar-refractivity contribution in [3.8, 4) is 5.75 Å². The van der Waals surface area contributed by atoms with Crippen molar-refractivity contribution >= 4 is 12.1 Å². The van der Waals surface area contributed by atoms with E-state index in [4.69, 9.17) is 14.6 Å². The van der Waals surface area contributed by atoms with Crippen LogP contribution in [0.25, 0.3) is 0 Å². The van der Waals surface area contributed by atoms with E-state index in [-0.39, 0.29) is 0 Å². The second-order valence-corrected chi connectivity index (χ2v) is 5.95. The first-order chi connectivity index (χ1) is 10.1. The number of amides is 1. The van der Waals surface area contributed by atoms with Crippen LogP contribution >= 0.6 is 0 Å². The maximum atomic E-state index is 12.2. The molecule has 1 N–H and O–H groups in total. The fourth-order valence-electron chi connectivity index (χ4n) is 1.89. The average molecular weight is 309 g/mol. The molecule has 0 aromatic heterocycles. The lowest BCUT2D eigenvalue weighted by molar-refractivity contribution is -0.138. The molecule has 0 aliphatic rings. The van der Waals surface area contributed by atoms with E-state index in [1.807, 2.05) is 0 Å². The maximum absolute atomic E-state index is 12.2. The van der Waals surface area contributed by atoms with Gasteiger partial charge >= 0.3 is 12.1 Å². The summed E-state index contributed by atoms with van der Waals surface area (Å²) >= 11 is 0. The van der Waals surface area contributed by atoms with E-state index in [0.29, 0.717) is 5.75 Å². The van der Waals surface area contributed by atoms with Crippen molar-refractivity contribution in [1.82, 2.24) is 4.90 Å².